The van der Waals surface area contributed by atoms with E-state index in [0.717, 1.165) is 17.8 Å². The SMILES string of the molecule is Cc1cc(N)nn1-c1ccc(C(F)(F)F)cc1Br. The summed E-state index contributed by atoms with van der Waals surface area (Å²) in [7, 11) is 0. The Morgan fingerprint density at radius 1 is 1.28 bits per heavy atom. The summed E-state index contributed by atoms with van der Waals surface area (Å²) in [6.45, 7) is 1.77. The predicted molar refractivity (Wildman–Crippen MR) is 65.4 cm³/mol. The van der Waals surface area contributed by atoms with Gasteiger partial charge in [0, 0.05) is 16.2 Å². The van der Waals surface area contributed by atoms with E-state index in [-0.39, 0.29) is 0 Å². The summed E-state index contributed by atoms with van der Waals surface area (Å²) < 4.78 is 39.4. The molecular weight excluding hydrogens is 311 g/mol. The smallest absolute Gasteiger partial charge is 0.382 e. The summed E-state index contributed by atoms with van der Waals surface area (Å²) in [5.74, 6) is 0.319. The monoisotopic (exact) mass is 319 g/mol. The fourth-order valence-corrected chi connectivity index (χ4v) is 2.14. The third-order valence-electron chi connectivity index (χ3n) is 2.41. The molecule has 1 aromatic carbocycles. The molecule has 0 atom stereocenters. The highest BCUT2D eigenvalue weighted by Gasteiger charge is 2.31. The van der Waals surface area contributed by atoms with Gasteiger partial charge in [0.25, 0.3) is 0 Å². The van der Waals surface area contributed by atoms with Gasteiger partial charge in [0.15, 0.2) is 0 Å². The average molecular weight is 320 g/mol. The molecular formula is C11H9BrF3N3. The maximum Gasteiger partial charge on any atom is 0.416 e. The van der Waals surface area contributed by atoms with Crippen molar-refractivity contribution >= 4 is 21.7 Å². The largest absolute Gasteiger partial charge is 0.416 e. The van der Waals surface area contributed by atoms with E-state index in [1.165, 1.54) is 10.7 Å². The van der Waals surface area contributed by atoms with Gasteiger partial charge in [-0.1, -0.05) is 0 Å². The highest BCUT2D eigenvalue weighted by molar-refractivity contribution is 9.10. The summed E-state index contributed by atoms with van der Waals surface area (Å²) in [6.07, 6.45) is -4.36. The van der Waals surface area contributed by atoms with E-state index in [1.807, 2.05) is 0 Å². The second-order valence-corrected chi connectivity index (χ2v) is 4.64. The lowest BCUT2D eigenvalue weighted by Crippen LogP contribution is -2.07. The number of benzene rings is 1. The average Bonchev–Trinajstić information content (AvgIpc) is 2.56. The van der Waals surface area contributed by atoms with Crippen LogP contribution in [-0.4, -0.2) is 9.78 Å². The van der Waals surface area contributed by atoms with Gasteiger partial charge in [-0.2, -0.15) is 18.3 Å². The van der Waals surface area contributed by atoms with Gasteiger partial charge in [-0.3, -0.25) is 0 Å². The van der Waals surface area contributed by atoms with E-state index in [4.69, 9.17) is 5.73 Å². The molecule has 18 heavy (non-hydrogen) atoms. The molecule has 96 valence electrons. The van der Waals surface area contributed by atoms with Gasteiger partial charge in [0.1, 0.15) is 5.82 Å². The standard InChI is InChI=1S/C11H9BrF3N3/c1-6-4-10(16)17-18(6)9-3-2-7(5-8(9)12)11(13,14)15/h2-5H,1H3,(H2,16,17). The van der Waals surface area contributed by atoms with Crippen molar-refractivity contribution in [2.24, 2.45) is 0 Å². The summed E-state index contributed by atoms with van der Waals surface area (Å²) in [4.78, 5) is 0. The molecule has 0 aliphatic rings. The van der Waals surface area contributed by atoms with Crippen LogP contribution in [0.1, 0.15) is 11.3 Å². The van der Waals surface area contributed by atoms with E-state index < -0.39 is 11.7 Å². The molecule has 1 aromatic heterocycles. The Labute approximate surface area is 110 Å². The Morgan fingerprint density at radius 2 is 1.94 bits per heavy atom. The van der Waals surface area contributed by atoms with Gasteiger partial charge in [-0.15, -0.1) is 0 Å². The van der Waals surface area contributed by atoms with E-state index in [2.05, 4.69) is 21.0 Å². The summed E-state index contributed by atoms with van der Waals surface area (Å²) in [6, 6.07) is 5.03. The van der Waals surface area contributed by atoms with E-state index in [0.29, 0.717) is 16.0 Å². The first-order chi connectivity index (χ1) is 8.29. The minimum atomic E-state index is -4.36. The van der Waals surface area contributed by atoms with Crippen molar-refractivity contribution < 1.29 is 13.2 Å². The first-order valence-electron chi connectivity index (χ1n) is 4.98. The highest BCUT2D eigenvalue weighted by Crippen LogP contribution is 2.33. The van der Waals surface area contributed by atoms with Crippen molar-refractivity contribution in [3.8, 4) is 5.69 Å². The maximum atomic E-state index is 12.5. The van der Waals surface area contributed by atoms with Crippen LogP contribution in [0.2, 0.25) is 0 Å². The molecule has 0 aliphatic carbocycles. The number of halogens is 4. The lowest BCUT2D eigenvalue weighted by Gasteiger charge is -2.11. The zero-order chi connectivity index (χ0) is 13.5. The van der Waals surface area contributed by atoms with Gasteiger partial charge in [-0.25, -0.2) is 4.68 Å². The van der Waals surface area contributed by atoms with Gasteiger partial charge in [0.05, 0.1) is 11.3 Å². The van der Waals surface area contributed by atoms with Crippen LogP contribution in [0, 0.1) is 6.92 Å². The number of nitrogen functional groups attached to an aromatic ring is 1. The molecule has 2 rings (SSSR count). The Kier molecular flexibility index (Phi) is 3.10. The van der Waals surface area contributed by atoms with Gasteiger partial charge < -0.3 is 5.73 Å². The molecule has 7 heteroatoms. The van der Waals surface area contributed by atoms with Gasteiger partial charge in [0.2, 0.25) is 0 Å². The predicted octanol–water partition coefficient (Wildman–Crippen LogP) is 3.54. The molecule has 0 amide bonds. The number of aryl methyl sites for hydroxylation is 1. The molecule has 0 saturated carbocycles. The molecule has 2 aromatic rings. The number of anilines is 1. The van der Waals surface area contributed by atoms with Crippen LogP contribution in [0.15, 0.2) is 28.7 Å². The van der Waals surface area contributed by atoms with Gasteiger partial charge >= 0.3 is 6.18 Å². The summed E-state index contributed by atoms with van der Waals surface area (Å²) in [5.41, 5.74) is 6.08. The van der Waals surface area contributed by atoms with E-state index >= 15 is 0 Å². The second kappa shape index (κ2) is 4.31. The van der Waals surface area contributed by atoms with Crippen molar-refractivity contribution in [3.05, 3.63) is 40.0 Å². The van der Waals surface area contributed by atoms with Crippen LogP contribution < -0.4 is 5.73 Å². The minimum absolute atomic E-state index is 0.309. The normalized spacial score (nSPS) is 11.8. The van der Waals surface area contributed by atoms with Crippen LogP contribution in [0.25, 0.3) is 5.69 Å². The number of nitrogens with zero attached hydrogens (tertiary/aromatic N) is 2. The quantitative estimate of drug-likeness (QED) is 0.873. The number of alkyl halides is 3. The summed E-state index contributed by atoms with van der Waals surface area (Å²) in [5, 5.41) is 4.02. The molecule has 0 spiro atoms. The topological polar surface area (TPSA) is 43.8 Å². The first kappa shape index (κ1) is 12.9. The number of nitrogens with two attached hydrogens (primary N) is 1. The number of hydrogen-bond acceptors (Lipinski definition) is 2. The fourth-order valence-electron chi connectivity index (χ4n) is 1.60. The highest BCUT2D eigenvalue weighted by atomic mass is 79.9. The van der Waals surface area contributed by atoms with E-state index in [9.17, 15) is 13.2 Å². The Bertz CT molecular complexity index is 590. The lowest BCUT2D eigenvalue weighted by atomic mass is 10.2. The second-order valence-electron chi connectivity index (χ2n) is 3.79. The maximum absolute atomic E-state index is 12.5. The minimum Gasteiger partial charge on any atom is -0.382 e. The van der Waals surface area contributed by atoms with Crippen molar-refractivity contribution in [3.63, 3.8) is 0 Å². The third kappa shape index (κ3) is 2.35. The molecule has 2 N–H and O–H groups in total. The fraction of sp³-hybridized carbons (Fsp3) is 0.182. The van der Waals surface area contributed by atoms with E-state index in [1.54, 1.807) is 13.0 Å². The lowest BCUT2D eigenvalue weighted by molar-refractivity contribution is -0.137. The molecule has 0 bridgehead atoms. The van der Waals surface area contributed by atoms with Crippen LogP contribution in [0.4, 0.5) is 19.0 Å². The first-order valence-corrected chi connectivity index (χ1v) is 5.77. The molecule has 0 radical (unpaired) electrons. The number of hydrogen-bond donors (Lipinski definition) is 1. The third-order valence-corrected chi connectivity index (χ3v) is 3.04. The molecule has 0 saturated heterocycles. The zero-order valence-electron chi connectivity index (χ0n) is 9.29. The molecule has 0 unspecified atom stereocenters. The van der Waals surface area contributed by atoms with Crippen LogP contribution in [-0.2, 0) is 6.18 Å². The summed E-state index contributed by atoms with van der Waals surface area (Å²) >= 11 is 3.12. The van der Waals surface area contributed by atoms with Crippen LogP contribution in [0.3, 0.4) is 0 Å². The Morgan fingerprint density at radius 3 is 2.39 bits per heavy atom. The van der Waals surface area contributed by atoms with Crippen molar-refractivity contribution in [1.29, 1.82) is 0 Å². The molecule has 3 nitrogen and oxygen atoms in total. The van der Waals surface area contributed by atoms with Crippen LogP contribution >= 0.6 is 15.9 Å². The molecule has 0 fully saturated rings. The van der Waals surface area contributed by atoms with Crippen molar-refractivity contribution in [2.45, 2.75) is 13.1 Å². The number of aromatic nitrogens is 2. The Hall–Kier alpha value is -1.50. The number of rotatable bonds is 1. The Balaban J connectivity index is 2.51. The zero-order valence-corrected chi connectivity index (χ0v) is 10.9. The molecule has 0 aliphatic heterocycles. The van der Waals surface area contributed by atoms with Crippen LogP contribution in [0.5, 0.6) is 0 Å². The van der Waals surface area contributed by atoms with Crippen molar-refractivity contribution in [1.82, 2.24) is 9.78 Å². The molecule has 1 heterocycles. The van der Waals surface area contributed by atoms with Gasteiger partial charge in [-0.05, 0) is 41.1 Å². The van der Waals surface area contributed by atoms with Crippen molar-refractivity contribution in [2.75, 3.05) is 5.73 Å².